The van der Waals surface area contributed by atoms with Crippen LogP contribution in [-0.4, -0.2) is 49.4 Å². The summed E-state index contributed by atoms with van der Waals surface area (Å²) in [5.74, 6) is 0.882. The van der Waals surface area contributed by atoms with Crippen molar-refractivity contribution >= 4 is 56.7 Å². The first kappa shape index (κ1) is 22.5. The highest BCUT2D eigenvalue weighted by Gasteiger charge is 2.34. The zero-order valence-electron chi connectivity index (χ0n) is 13.3. The normalized spacial score (nSPS) is 20.8. The van der Waals surface area contributed by atoms with Gasteiger partial charge in [0.2, 0.25) is 0 Å². The molecule has 1 aromatic rings. The van der Waals surface area contributed by atoms with Crippen LogP contribution in [0.3, 0.4) is 0 Å². The number of aromatic hydroxyl groups is 1. The molecule has 2 heterocycles. The van der Waals surface area contributed by atoms with Gasteiger partial charge in [-0.05, 0) is 46.8 Å². The number of nitrogens with one attached hydrogen (secondary N) is 1. The van der Waals surface area contributed by atoms with E-state index < -0.39 is 0 Å². The first-order valence-corrected chi connectivity index (χ1v) is 9.46. The molecule has 2 aliphatic rings. The SMILES string of the molecule is Cl.Cl.Oc1c(Br)ccc(Br)c1[C@H](C1CCOCC1)N1CCNCC1. The highest BCUT2D eigenvalue weighted by Crippen LogP contribution is 2.45. The van der Waals surface area contributed by atoms with E-state index in [0.29, 0.717) is 11.7 Å². The Kier molecular flexibility index (Phi) is 9.89. The summed E-state index contributed by atoms with van der Waals surface area (Å²) in [6.45, 7) is 5.68. The summed E-state index contributed by atoms with van der Waals surface area (Å²) in [4.78, 5) is 2.51. The van der Waals surface area contributed by atoms with Crippen LogP contribution in [-0.2, 0) is 4.74 Å². The van der Waals surface area contributed by atoms with Gasteiger partial charge in [-0.2, -0.15) is 0 Å². The molecule has 138 valence electrons. The lowest BCUT2D eigenvalue weighted by Crippen LogP contribution is -2.47. The van der Waals surface area contributed by atoms with Crippen LogP contribution in [0.1, 0.15) is 24.4 Å². The van der Waals surface area contributed by atoms with E-state index in [2.05, 4.69) is 42.1 Å². The minimum absolute atomic E-state index is 0. The number of benzene rings is 1. The van der Waals surface area contributed by atoms with Crippen LogP contribution < -0.4 is 5.32 Å². The minimum atomic E-state index is 0. The Labute approximate surface area is 172 Å². The molecule has 24 heavy (non-hydrogen) atoms. The average Bonchev–Trinajstić information content (AvgIpc) is 2.57. The zero-order chi connectivity index (χ0) is 15.5. The topological polar surface area (TPSA) is 44.7 Å². The molecule has 3 rings (SSSR count). The Morgan fingerprint density at radius 1 is 1.08 bits per heavy atom. The third-order valence-electron chi connectivity index (χ3n) is 4.67. The molecular weight excluding hydrogens is 483 g/mol. The van der Waals surface area contributed by atoms with E-state index >= 15 is 0 Å². The lowest BCUT2D eigenvalue weighted by Gasteiger charge is -2.41. The first-order chi connectivity index (χ1) is 10.7. The van der Waals surface area contributed by atoms with Crippen molar-refractivity contribution < 1.29 is 9.84 Å². The number of hydrogen-bond donors (Lipinski definition) is 2. The number of halogens is 4. The fourth-order valence-corrected chi connectivity index (χ4v) is 4.45. The maximum atomic E-state index is 10.7. The fraction of sp³-hybridized carbons (Fsp3) is 0.625. The summed E-state index contributed by atoms with van der Waals surface area (Å²) in [6.07, 6.45) is 2.10. The van der Waals surface area contributed by atoms with Gasteiger partial charge in [-0.1, -0.05) is 15.9 Å². The van der Waals surface area contributed by atoms with Crippen LogP contribution in [0.5, 0.6) is 5.75 Å². The number of phenolic OH excluding ortho intramolecular Hbond substituents is 1. The Hall–Kier alpha value is 0.440. The molecule has 0 saturated carbocycles. The number of phenols is 1. The second kappa shape index (κ2) is 10.6. The molecule has 8 heteroatoms. The monoisotopic (exact) mass is 504 g/mol. The van der Waals surface area contributed by atoms with Crippen LogP contribution in [0.4, 0.5) is 0 Å². The predicted octanol–water partition coefficient (Wildman–Crippen LogP) is 4.13. The van der Waals surface area contributed by atoms with Crippen LogP contribution in [0.2, 0.25) is 0 Å². The summed E-state index contributed by atoms with van der Waals surface area (Å²) in [5, 5.41) is 14.1. The van der Waals surface area contributed by atoms with Gasteiger partial charge in [0.25, 0.3) is 0 Å². The van der Waals surface area contributed by atoms with E-state index in [1.807, 2.05) is 12.1 Å². The van der Waals surface area contributed by atoms with E-state index in [-0.39, 0.29) is 30.9 Å². The van der Waals surface area contributed by atoms with Gasteiger partial charge in [0.1, 0.15) is 5.75 Å². The minimum Gasteiger partial charge on any atom is -0.506 e. The molecule has 0 aromatic heterocycles. The summed E-state index contributed by atoms with van der Waals surface area (Å²) >= 11 is 7.13. The molecule has 0 spiro atoms. The van der Waals surface area contributed by atoms with Crippen LogP contribution in [0, 0.1) is 5.92 Å². The van der Waals surface area contributed by atoms with Gasteiger partial charge in [-0.25, -0.2) is 0 Å². The van der Waals surface area contributed by atoms with Crippen molar-refractivity contribution in [3.63, 3.8) is 0 Å². The maximum absolute atomic E-state index is 10.7. The molecule has 4 nitrogen and oxygen atoms in total. The van der Waals surface area contributed by atoms with Gasteiger partial charge in [0.15, 0.2) is 0 Å². The maximum Gasteiger partial charge on any atom is 0.135 e. The van der Waals surface area contributed by atoms with E-state index in [0.717, 1.165) is 66.7 Å². The van der Waals surface area contributed by atoms with Crippen LogP contribution in [0.25, 0.3) is 0 Å². The standard InChI is InChI=1S/C16H22Br2N2O2.2ClH/c17-12-1-2-13(18)16(21)14(12)15(11-3-9-22-10-4-11)20-7-5-19-6-8-20;;/h1-2,11,15,19,21H,3-10H2;2*1H/t15-;;/m0../s1. The van der Waals surface area contributed by atoms with Crippen molar-refractivity contribution in [2.45, 2.75) is 18.9 Å². The first-order valence-electron chi connectivity index (χ1n) is 7.88. The van der Waals surface area contributed by atoms with Gasteiger partial charge in [-0.3, -0.25) is 4.90 Å². The predicted molar refractivity (Wildman–Crippen MR) is 109 cm³/mol. The highest BCUT2D eigenvalue weighted by molar-refractivity contribution is 9.11. The van der Waals surface area contributed by atoms with E-state index in [4.69, 9.17) is 4.74 Å². The van der Waals surface area contributed by atoms with E-state index in [1.165, 1.54) is 0 Å². The molecule has 1 aromatic carbocycles. The van der Waals surface area contributed by atoms with Gasteiger partial charge in [0, 0.05) is 55.5 Å². The molecule has 2 aliphatic heterocycles. The number of nitrogens with zero attached hydrogens (tertiary/aromatic N) is 1. The van der Waals surface area contributed by atoms with Crippen LogP contribution >= 0.6 is 56.7 Å². The lowest BCUT2D eigenvalue weighted by molar-refractivity contribution is 0.0204. The number of hydrogen-bond acceptors (Lipinski definition) is 4. The van der Waals surface area contributed by atoms with Crippen LogP contribution in [0.15, 0.2) is 21.1 Å². The number of piperazine rings is 1. The largest absolute Gasteiger partial charge is 0.506 e. The zero-order valence-corrected chi connectivity index (χ0v) is 18.1. The van der Waals surface area contributed by atoms with Crippen molar-refractivity contribution in [1.29, 1.82) is 0 Å². The van der Waals surface area contributed by atoms with Crippen molar-refractivity contribution in [3.8, 4) is 5.75 Å². The van der Waals surface area contributed by atoms with E-state index in [1.54, 1.807) is 0 Å². The summed E-state index contributed by atoms with van der Waals surface area (Å²) in [6, 6.07) is 4.15. The molecule has 0 amide bonds. The molecule has 2 fully saturated rings. The van der Waals surface area contributed by atoms with E-state index in [9.17, 15) is 5.11 Å². The second-order valence-electron chi connectivity index (χ2n) is 5.97. The van der Waals surface area contributed by atoms with Gasteiger partial charge < -0.3 is 15.2 Å². The molecule has 0 unspecified atom stereocenters. The average molecular weight is 507 g/mol. The van der Waals surface area contributed by atoms with Gasteiger partial charge in [0.05, 0.1) is 4.47 Å². The molecular formula is C16H24Br2Cl2N2O2. The Morgan fingerprint density at radius 3 is 2.29 bits per heavy atom. The Morgan fingerprint density at radius 2 is 1.67 bits per heavy atom. The Balaban J connectivity index is 0.00000144. The summed E-state index contributed by atoms with van der Waals surface area (Å²) < 4.78 is 7.29. The number of rotatable bonds is 3. The summed E-state index contributed by atoms with van der Waals surface area (Å²) in [5.41, 5.74) is 1.02. The highest BCUT2D eigenvalue weighted by atomic mass is 79.9. The lowest BCUT2D eigenvalue weighted by atomic mass is 9.85. The van der Waals surface area contributed by atoms with Gasteiger partial charge >= 0.3 is 0 Å². The smallest absolute Gasteiger partial charge is 0.135 e. The second-order valence-corrected chi connectivity index (χ2v) is 7.68. The fourth-order valence-electron chi connectivity index (χ4n) is 3.55. The molecule has 1 atom stereocenters. The third kappa shape index (κ3) is 5.00. The summed E-state index contributed by atoms with van der Waals surface area (Å²) in [7, 11) is 0. The molecule has 0 radical (unpaired) electrons. The van der Waals surface area contributed by atoms with Crippen molar-refractivity contribution in [2.75, 3.05) is 39.4 Å². The van der Waals surface area contributed by atoms with Crippen molar-refractivity contribution in [3.05, 3.63) is 26.6 Å². The Bertz CT molecular complexity index is 507. The molecule has 2 N–H and O–H groups in total. The molecule has 0 bridgehead atoms. The van der Waals surface area contributed by atoms with Gasteiger partial charge in [-0.15, -0.1) is 24.8 Å². The quantitative estimate of drug-likeness (QED) is 0.647. The molecule has 0 aliphatic carbocycles. The van der Waals surface area contributed by atoms with Crippen molar-refractivity contribution in [1.82, 2.24) is 10.2 Å². The third-order valence-corrected chi connectivity index (χ3v) is 6.00. The number of ether oxygens (including phenoxy) is 1. The molecule has 2 saturated heterocycles. The van der Waals surface area contributed by atoms with Crippen molar-refractivity contribution in [2.24, 2.45) is 5.92 Å².